The summed E-state index contributed by atoms with van der Waals surface area (Å²) in [5.41, 5.74) is 1.46. The number of nitrogens with one attached hydrogen (secondary N) is 2. The minimum absolute atomic E-state index is 0.0425. The summed E-state index contributed by atoms with van der Waals surface area (Å²) in [6.45, 7) is 5.01. The lowest BCUT2D eigenvalue weighted by molar-refractivity contribution is -0.134. The maximum absolute atomic E-state index is 13.1. The number of carbonyl (C=O) groups is 2. The number of carbonyl (C=O) groups excluding carboxylic acids is 2. The first-order valence-electron chi connectivity index (χ1n) is 11.6. The smallest absolute Gasteiger partial charge is 0.227 e. The van der Waals surface area contributed by atoms with E-state index < -0.39 is 0 Å². The van der Waals surface area contributed by atoms with E-state index in [1.807, 2.05) is 32.2 Å². The third-order valence-electron chi connectivity index (χ3n) is 6.57. The van der Waals surface area contributed by atoms with E-state index in [2.05, 4.69) is 17.6 Å². The summed E-state index contributed by atoms with van der Waals surface area (Å²) in [6, 6.07) is 5.32. The van der Waals surface area contributed by atoms with E-state index in [0.29, 0.717) is 24.5 Å². The Kier molecular flexibility index (Phi) is 8.32. The van der Waals surface area contributed by atoms with Gasteiger partial charge in [-0.3, -0.25) is 9.59 Å². The number of amides is 2. The molecule has 1 aromatic carbocycles. The molecule has 0 aromatic heterocycles. The minimum atomic E-state index is -0.263. The number of aliphatic hydroxyl groups excluding tert-OH is 1. The van der Waals surface area contributed by atoms with E-state index in [4.69, 9.17) is 4.74 Å². The zero-order valence-electron chi connectivity index (χ0n) is 19.0. The van der Waals surface area contributed by atoms with Crippen molar-refractivity contribution in [2.45, 2.75) is 64.5 Å². The Morgan fingerprint density at radius 2 is 2.03 bits per heavy atom. The van der Waals surface area contributed by atoms with Crippen LogP contribution < -0.4 is 15.4 Å². The number of ether oxygens (including phenoxy) is 1. The Labute approximate surface area is 185 Å². The van der Waals surface area contributed by atoms with Crippen LogP contribution in [-0.2, 0) is 16.0 Å². The third-order valence-corrected chi connectivity index (χ3v) is 6.57. The van der Waals surface area contributed by atoms with Crippen LogP contribution in [0.3, 0.4) is 0 Å². The molecule has 7 heteroatoms. The quantitative estimate of drug-likeness (QED) is 0.644. The Morgan fingerprint density at radius 1 is 1.29 bits per heavy atom. The van der Waals surface area contributed by atoms with Crippen LogP contribution in [-0.4, -0.2) is 60.7 Å². The van der Waals surface area contributed by atoms with Gasteiger partial charge >= 0.3 is 0 Å². The number of nitrogens with zero attached hydrogens (tertiary/aromatic N) is 1. The van der Waals surface area contributed by atoms with Gasteiger partial charge in [-0.05, 0) is 45.0 Å². The summed E-state index contributed by atoms with van der Waals surface area (Å²) in [7, 11) is 1.88. The summed E-state index contributed by atoms with van der Waals surface area (Å²) in [5, 5.41) is 15.9. The molecule has 7 nitrogen and oxygen atoms in total. The predicted molar refractivity (Wildman–Crippen MR) is 121 cm³/mol. The van der Waals surface area contributed by atoms with Gasteiger partial charge in [0.2, 0.25) is 11.8 Å². The topological polar surface area (TPSA) is 90.9 Å². The van der Waals surface area contributed by atoms with Gasteiger partial charge in [-0.1, -0.05) is 26.2 Å². The first-order chi connectivity index (χ1) is 14.9. The van der Waals surface area contributed by atoms with Crippen LogP contribution in [0.5, 0.6) is 5.75 Å². The molecule has 1 saturated carbocycles. The zero-order chi connectivity index (χ0) is 22.4. The number of rotatable bonds is 6. The van der Waals surface area contributed by atoms with Crippen LogP contribution in [0, 0.1) is 11.8 Å². The molecule has 2 amide bonds. The highest BCUT2D eigenvalue weighted by molar-refractivity contribution is 5.93. The number of anilines is 1. The highest BCUT2D eigenvalue weighted by Crippen LogP contribution is 2.30. The molecule has 3 atom stereocenters. The maximum atomic E-state index is 13.1. The fourth-order valence-corrected chi connectivity index (χ4v) is 4.56. The molecule has 0 unspecified atom stereocenters. The highest BCUT2D eigenvalue weighted by atomic mass is 16.5. The van der Waals surface area contributed by atoms with Gasteiger partial charge in [0.05, 0.1) is 19.1 Å². The van der Waals surface area contributed by atoms with Gasteiger partial charge in [0.1, 0.15) is 11.9 Å². The van der Waals surface area contributed by atoms with Gasteiger partial charge in [-0.25, -0.2) is 0 Å². The predicted octanol–water partition coefficient (Wildman–Crippen LogP) is 2.57. The first kappa shape index (κ1) is 23.5. The van der Waals surface area contributed by atoms with Gasteiger partial charge in [0, 0.05) is 36.2 Å². The van der Waals surface area contributed by atoms with Gasteiger partial charge in [-0.2, -0.15) is 0 Å². The molecule has 1 aliphatic heterocycles. The second-order valence-corrected chi connectivity index (χ2v) is 9.09. The molecule has 3 N–H and O–H groups in total. The molecule has 1 fully saturated rings. The standard InChI is InChI=1S/C24H37N3O4/c1-16-14-27(17(2)15-28)23(29)12-19-11-20(9-10-21(19)31-22(16)13-25-3)26-24(30)18-7-5-4-6-8-18/h9-11,16-18,22,25,28H,4-8,12-15H2,1-3H3,(H,26,30)/t16-,17-,22+/m1/s1. The van der Waals surface area contributed by atoms with Crippen LogP contribution in [0.2, 0.25) is 0 Å². The van der Waals surface area contributed by atoms with Crippen molar-refractivity contribution in [1.82, 2.24) is 10.2 Å². The van der Waals surface area contributed by atoms with Gasteiger partial charge in [-0.15, -0.1) is 0 Å². The number of likely N-dealkylation sites (N-methyl/N-ethyl adjacent to an activating group) is 1. The Balaban J connectivity index is 1.85. The first-order valence-corrected chi connectivity index (χ1v) is 11.6. The third kappa shape index (κ3) is 5.98. The van der Waals surface area contributed by atoms with Crippen molar-refractivity contribution in [2.75, 3.05) is 32.1 Å². The molecular weight excluding hydrogens is 394 g/mol. The van der Waals surface area contributed by atoms with Crippen LogP contribution in [0.15, 0.2) is 18.2 Å². The summed E-state index contributed by atoms with van der Waals surface area (Å²) in [6.07, 6.45) is 5.35. The SMILES string of the molecule is CNC[C@@H]1Oc2ccc(NC(=O)C3CCCCC3)cc2CC(=O)N([C@H](C)CO)C[C@H]1C. The summed E-state index contributed by atoms with van der Waals surface area (Å²) in [5.74, 6) is 0.849. The van der Waals surface area contributed by atoms with E-state index in [0.717, 1.165) is 31.2 Å². The minimum Gasteiger partial charge on any atom is -0.488 e. The van der Waals surface area contributed by atoms with Crippen LogP contribution in [0.4, 0.5) is 5.69 Å². The van der Waals surface area contributed by atoms with Crippen molar-refractivity contribution in [3.05, 3.63) is 23.8 Å². The molecule has 3 rings (SSSR count). The average molecular weight is 432 g/mol. The Morgan fingerprint density at radius 3 is 2.71 bits per heavy atom. The fraction of sp³-hybridized carbons (Fsp3) is 0.667. The Bertz CT molecular complexity index is 763. The van der Waals surface area contributed by atoms with Gasteiger partial charge in [0.25, 0.3) is 0 Å². The molecule has 0 radical (unpaired) electrons. The lowest BCUT2D eigenvalue weighted by Gasteiger charge is -2.32. The van der Waals surface area contributed by atoms with Crippen molar-refractivity contribution < 1.29 is 19.4 Å². The highest BCUT2D eigenvalue weighted by Gasteiger charge is 2.30. The normalized spacial score (nSPS) is 23.7. The molecule has 0 bridgehead atoms. The van der Waals surface area contributed by atoms with Crippen molar-refractivity contribution in [1.29, 1.82) is 0 Å². The van der Waals surface area contributed by atoms with Crippen LogP contribution in [0.1, 0.15) is 51.5 Å². The molecule has 31 heavy (non-hydrogen) atoms. The number of benzene rings is 1. The fourth-order valence-electron chi connectivity index (χ4n) is 4.56. The molecule has 1 aromatic rings. The maximum Gasteiger partial charge on any atom is 0.227 e. The van der Waals surface area contributed by atoms with E-state index in [1.54, 1.807) is 4.90 Å². The lowest BCUT2D eigenvalue weighted by atomic mass is 9.88. The molecule has 0 spiro atoms. The molecular formula is C24H37N3O4. The summed E-state index contributed by atoms with van der Waals surface area (Å²) in [4.78, 5) is 27.6. The molecule has 172 valence electrons. The molecule has 2 aliphatic rings. The van der Waals surface area contributed by atoms with Crippen molar-refractivity contribution in [2.24, 2.45) is 11.8 Å². The molecule has 1 aliphatic carbocycles. The van der Waals surface area contributed by atoms with Crippen molar-refractivity contribution in [3.8, 4) is 5.75 Å². The Hall–Kier alpha value is -2.12. The van der Waals surface area contributed by atoms with Crippen LogP contribution in [0.25, 0.3) is 0 Å². The zero-order valence-corrected chi connectivity index (χ0v) is 19.0. The van der Waals surface area contributed by atoms with E-state index in [-0.39, 0.29) is 48.8 Å². The van der Waals surface area contributed by atoms with Gasteiger partial charge < -0.3 is 25.4 Å². The van der Waals surface area contributed by atoms with Gasteiger partial charge in [0.15, 0.2) is 0 Å². The molecule has 1 heterocycles. The van der Waals surface area contributed by atoms with Crippen LogP contribution >= 0.6 is 0 Å². The average Bonchev–Trinajstić information content (AvgIpc) is 2.82. The number of hydrogen-bond donors (Lipinski definition) is 3. The number of fused-ring (bicyclic) bond motifs is 1. The number of aliphatic hydroxyl groups is 1. The second-order valence-electron chi connectivity index (χ2n) is 9.09. The lowest BCUT2D eigenvalue weighted by Crippen LogP contribution is -2.47. The summed E-state index contributed by atoms with van der Waals surface area (Å²) < 4.78 is 6.34. The van der Waals surface area contributed by atoms with E-state index in [1.165, 1.54) is 6.42 Å². The van der Waals surface area contributed by atoms with Crippen molar-refractivity contribution >= 4 is 17.5 Å². The van der Waals surface area contributed by atoms with E-state index >= 15 is 0 Å². The van der Waals surface area contributed by atoms with Crippen molar-refractivity contribution in [3.63, 3.8) is 0 Å². The largest absolute Gasteiger partial charge is 0.488 e. The second kappa shape index (κ2) is 11.0. The van der Waals surface area contributed by atoms with E-state index in [9.17, 15) is 14.7 Å². The molecule has 0 saturated heterocycles. The summed E-state index contributed by atoms with van der Waals surface area (Å²) >= 11 is 0. The monoisotopic (exact) mass is 431 g/mol. The number of hydrogen-bond acceptors (Lipinski definition) is 5.